The highest BCUT2D eigenvalue weighted by molar-refractivity contribution is 7.87. The third-order valence-electron chi connectivity index (χ3n) is 2.82. The SMILES string of the molecule is CN(CCCO)S(=O)(=O)NCC1CCC1. The maximum Gasteiger partial charge on any atom is 0.279 e. The molecule has 0 aromatic rings. The molecular weight excluding hydrogens is 216 g/mol. The maximum atomic E-state index is 11.6. The predicted octanol–water partition coefficient (Wildman–Crippen LogP) is -0.0649. The van der Waals surface area contributed by atoms with Crippen LogP contribution in [0.1, 0.15) is 25.7 Å². The minimum Gasteiger partial charge on any atom is -0.396 e. The predicted molar refractivity (Wildman–Crippen MR) is 58.6 cm³/mol. The summed E-state index contributed by atoms with van der Waals surface area (Å²) in [6.07, 6.45) is 3.94. The van der Waals surface area contributed by atoms with Gasteiger partial charge in [-0.05, 0) is 25.2 Å². The smallest absolute Gasteiger partial charge is 0.279 e. The fraction of sp³-hybridized carbons (Fsp3) is 1.00. The van der Waals surface area contributed by atoms with Crippen molar-refractivity contribution < 1.29 is 13.5 Å². The standard InChI is InChI=1S/C9H20N2O3S/c1-11(6-3-7-12)15(13,14)10-8-9-4-2-5-9/h9-10,12H,2-8H2,1H3. The van der Waals surface area contributed by atoms with Gasteiger partial charge in [-0.15, -0.1) is 0 Å². The van der Waals surface area contributed by atoms with Crippen molar-refractivity contribution in [2.45, 2.75) is 25.7 Å². The zero-order valence-corrected chi connectivity index (χ0v) is 9.96. The van der Waals surface area contributed by atoms with Gasteiger partial charge in [0, 0.05) is 26.7 Å². The molecule has 0 radical (unpaired) electrons. The van der Waals surface area contributed by atoms with Crippen molar-refractivity contribution in [2.75, 3.05) is 26.7 Å². The van der Waals surface area contributed by atoms with Crippen LogP contribution in [-0.4, -0.2) is 44.6 Å². The van der Waals surface area contributed by atoms with Crippen molar-refractivity contribution in [2.24, 2.45) is 5.92 Å². The molecule has 0 aliphatic heterocycles. The van der Waals surface area contributed by atoms with Gasteiger partial charge in [0.05, 0.1) is 0 Å². The third-order valence-corrected chi connectivity index (χ3v) is 4.36. The van der Waals surface area contributed by atoms with Crippen molar-refractivity contribution in [1.82, 2.24) is 9.03 Å². The Kier molecular flexibility index (Phi) is 4.98. The highest BCUT2D eigenvalue weighted by Gasteiger charge is 2.22. The number of aliphatic hydroxyl groups is 1. The second kappa shape index (κ2) is 5.79. The van der Waals surface area contributed by atoms with Crippen LogP contribution in [0.3, 0.4) is 0 Å². The van der Waals surface area contributed by atoms with Gasteiger partial charge in [0.15, 0.2) is 0 Å². The fourth-order valence-corrected chi connectivity index (χ4v) is 2.48. The van der Waals surface area contributed by atoms with E-state index in [1.54, 1.807) is 0 Å². The van der Waals surface area contributed by atoms with Gasteiger partial charge in [-0.3, -0.25) is 0 Å². The van der Waals surface area contributed by atoms with Gasteiger partial charge in [0.2, 0.25) is 0 Å². The van der Waals surface area contributed by atoms with Crippen molar-refractivity contribution in [3.05, 3.63) is 0 Å². The van der Waals surface area contributed by atoms with E-state index in [0.717, 1.165) is 12.8 Å². The number of nitrogens with zero attached hydrogens (tertiary/aromatic N) is 1. The highest BCUT2D eigenvalue weighted by Crippen LogP contribution is 2.25. The largest absolute Gasteiger partial charge is 0.396 e. The summed E-state index contributed by atoms with van der Waals surface area (Å²) in [6, 6.07) is 0. The van der Waals surface area contributed by atoms with Crippen LogP contribution in [0.25, 0.3) is 0 Å². The number of aliphatic hydroxyl groups excluding tert-OH is 1. The Labute approximate surface area is 91.7 Å². The van der Waals surface area contributed by atoms with Crippen molar-refractivity contribution >= 4 is 10.2 Å². The summed E-state index contributed by atoms with van der Waals surface area (Å²) in [5.41, 5.74) is 0. The molecular formula is C9H20N2O3S. The van der Waals surface area contributed by atoms with Crippen LogP contribution < -0.4 is 4.72 Å². The first kappa shape index (κ1) is 12.9. The van der Waals surface area contributed by atoms with Crippen molar-refractivity contribution in [1.29, 1.82) is 0 Å². The first-order chi connectivity index (χ1) is 7.06. The lowest BCUT2D eigenvalue weighted by atomic mass is 9.86. The lowest BCUT2D eigenvalue weighted by Crippen LogP contribution is -2.41. The molecule has 1 aliphatic rings. The van der Waals surface area contributed by atoms with Crippen LogP contribution in [0.5, 0.6) is 0 Å². The average Bonchev–Trinajstić information content (AvgIpc) is 2.11. The van der Waals surface area contributed by atoms with E-state index < -0.39 is 10.2 Å². The minimum absolute atomic E-state index is 0.0164. The molecule has 2 N–H and O–H groups in total. The molecule has 5 nitrogen and oxygen atoms in total. The number of hydrogen-bond acceptors (Lipinski definition) is 3. The van der Waals surface area contributed by atoms with Crippen LogP contribution in [-0.2, 0) is 10.2 Å². The van der Waals surface area contributed by atoms with E-state index in [1.165, 1.54) is 17.8 Å². The second-order valence-corrected chi connectivity index (χ2v) is 5.91. The van der Waals surface area contributed by atoms with Crippen molar-refractivity contribution in [3.63, 3.8) is 0 Å². The molecule has 0 saturated heterocycles. The molecule has 15 heavy (non-hydrogen) atoms. The molecule has 0 spiro atoms. The Hall–Kier alpha value is -0.170. The molecule has 0 atom stereocenters. The molecule has 1 fully saturated rings. The quantitative estimate of drug-likeness (QED) is 0.650. The van der Waals surface area contributed by atoms with Gasteiger partial charge in [0.25, 0.3) is 10.2 Å². The molecule has 1 rings (SSSR count). The first-order valence-electron chi connectivity index (χ1n) is 5.38. The molecule has 1 saturated carbocycles. The van der Waals surface area contributed by atoms with E-state index in [2.05, 4.69) is 4.72 Å². The van der Waals surface area contributed by atoms with Gasteiger partial charge in [-0.1, -0.05) is 6.42 Å². The number of nitrogens with one attached hydrogen (secondary N) is 1. The lowest BCUT2D eigenvalue weighted by molar-refractivity contribution is 0.274. The second-order valence-electron chi connectivity index (χ2n) is 4.05. The lowest BCUT2D eigenvalue weighted by Gasteiger charge is -2.26. The minimum atomic E-state index is -3.33. The van der Waals surface area contributed by atoms with Crippen molar-refractivity contribution in [3.8, 4) is 0 Å². The Morgan fingerprint density at radius 2 is 2.13 bits per heavy atom. The highest BCUT2D eigenvalue weighted by atomic mass is 32.2. The van der Waals surface area contributed by atoms with Crippen LogP contribution in [0, 0.1) is 5.92 Å². The van der Waals surface area contributed by atoms with Crippen LogP contribution in [0.15, 0.2) is 0 Å². The summed E-state index contributed by atoms with van der Waals surface area (Å²) < 4.78 is 27.1. The van der Waals surface area contributed by atoms with Gasteiger partial charge >= 0.3 is 0 Å². The van der Waals surface area contributed by atoms with Gasteiger partial charge < -0.3 is 5.11 Å². The molecule has 0 amide bonds. The molecule has 0 aromatic carbocycles. The van der Waals surface area contributed by atoms with Crippen LogP contribution in [0.2, 0.25) is 0 Å². The summed E-state index contributed by atoms with van der Waals surface area (Å²) in [4.78, 5) is 0. The Bertz CT molecular complexity index is 275. The summed E-state index contributed by atoms with van der Waals surface area (Å²) in [5.74, 6) is 0.519. The summed E-state index contributed by atoms with van der Waals surface area (Å²) in [6.45, 7) is 0.921. The number of hydrogen-bond donors (Lipinski definition) is 2. The van der Waals surface area contributed by atoms with E-state index in [1.807, 2.05) is 0 Å². The molecule has 0 heterocycles. The van der Waals surface area contributed by atoms with Crippen LogP contribution in [0.4, 0.5) is 0 Å². The summed E-state index contributed by atoms with van der Waals surface area (Å²) >= 11 is 0. The summed E-state index contributed by atoms with van der Waals surface area (Å²) in [7, 11) is -1.81. The van der Waals surface area contributed by atoms with Gasteiger partial charge in [0.1, 0.15) is 0 Å². The molecule has 0 aromatic heterocycles. The van der Waals surface area contributed by atoms with E-state index >= 15 is 0 Å². The van der Waals surface area contributed by atoms with Gasteiger partial charge in [-0.25, -0.2) is 4.72 Å². The first-order valence-corrected chi connectivity index (χ1v) is 6.82. The Balaban J connectivity index is 2.28. The van der Waals surface area contributed by atoms with E-state index in [4.69, 9.17) is 5.11 Å². The van der Waals surface area contributed by atoms with Crippen LogP contribution >= 0.6 is 0 Å². The zero-order chi connectivity index (χ0) is 11.3. The number of rotatable bonds is 7. The fourth-order valence-electron chi connectivity index (χ4n) is 1.44. The molecule has 0 bridgehead atoms. The monoisotopic (exact) mass is 236 g/mol. The molecule has 1 aliphatic carbocycles. The van der Waals surface area contributed by atoms with E-state index in [9.17, 15) is 8.42 Å². The molecule has 6 heteroatoms. The molecule has 0 unspecified atom stereocenters. The maximum absolute atomic E-state index is 11.6. The van der Waals surface area contributed by atoms with E-state index in [-0.39, 0.29) is 6.61 Å². The Morgan fingerprint density at radius 1 is 1.47 bits per heavy atom. The zero-order valence-electron chi connectivity index (χ0n) is 9.15. The summed E-state index contributed by atoms with van der Waals surface area (Å²) in [5, 5.41) is 8.60. The normalized spacial score (nSPS) is 18.1. The van der Waals surface area contributed by atoms with Gasteiger partial charge in [-0.2, -0.15) is 12.7 Å². The average molecular weight is 236 g/mol. The third kappa shape index (κ3) is 4.06. The Morgan fingerprint density at radius 3 is 2.60 bits per heavy atom. The topological polar surface area (TPSA) is 69.6 Å². The molecule has 90 valence electrons. The van der Waals surface area contributed by atoms with E-state index in [0.29, 0.717) is 25.4 Å².